The molecular weight excluding hydrogens is 313 g/mol. The van der Waals surface area contributed by atoms with Crippen LogP contribution in [0.3, 0.4) is 0 Å². The lowest BCUT2D eigenvalue weighted by molar-refractivity contribution is -0.137. The maximum Gasteiger partial charge on any atom is 0.390 e. The molecule has 0 aromatic heterocycles. The molecular formula is C11H13F3N2O4S. The third kappa shape index (κ3) is 4.90. The summed E-state index contributed by atoms with van der Waals surface area (Å²) in [5.74, 6) is -1.30. The number of nitrogens with one attached hydrogen (secondary N) is 1. The molecule has 0 aliphatic heterocycles. The minimum Gasteiger partial charge on any atom is -0.478 e. The van der Waals surface area contributed by atoms with Gasteiger partial charge in [-0.05, 0) is 25.1 Å². The number of hydrogen-bond donors (Lipinski definition) is 3. The van der Waals surface area contributed by atoms with E-state index < -0.39 is 39.5 Å². The first-order valence-electron chi connectivity index (χ1n) is 5.64. The number of nitrogen functional groups attached to an aromatic ring is 1. The van der Waals surface area contributed by atoms with Crippen LogP contribution in [0.1, 0.15) is 23.7 Å². The third-order valence-corrected chi connectivity index (χ3v) is 4.10. The van der Waals surface area contributed by atoms with Gasteiger partial charge in [-0.25, -0.2) is 17.9 Å². The van der Waals surface area contributed by atoms with Gasteiger partial charge < -0.3 is 10.8 Å². The zero-order valence-electron chi connectivity index (χ0n) is 10.8. The SMILES string of the molecule is CC(CC(F)(F)F)NS(=O)(=O)c1ccc(C(=O)O)cc1N. The highest BCUT2D eigenvalue weighted by atomic mass is 32.2. The Balaban J connectivity index is 3.01. The molecule has 6 nitrogen and oxygen atoms in total. The van der Waals surface area contributed by atoms with Crippen molar-refractivity contribution in [1.82, 2.24) is 4.72 Å². The van der Waals surface area contributed by atoms with Gasteiger partial charge in [-0.2, -0.15) is 13.2 Å². The Morgan fingerprint density at radius 3 is 2.43 bits per heavy atom. The molecule has 0 aliphatic rings. The average Bonchev–Trinajstić information content (AvgIpc) is 2.24. The maximum atomic E-state index is 12.2. The number of benzene rings is 1. The first-order valence-corrected chi connectivity index (χ1v) is 7.12. The summed E-state index contributed by atoms with van der Waals surface area (Å²) < 4.78 is 62.2. The number of rotatable bonds is 5. The second kappa shape index (κ2) is 5.90. The molecule has 1 aromatic rings. The van der Waals surface area contributed by atoms with Crippen molar-refractivity contribution >= 4 is 21.7 Å². The molecule has 1 rings (SSSR count). The molecule has 4 N–H and O–H groups in total. The van der Waals surface area contributed by atoms with E-state index in [-0.39, 0.29) is 11.3 Å². The lowest BCUT2D eigenvalue weighted by Crippen LogP contribution is -2.36. The summed E-state index contributed by atoms with van der Waals surface area (Å²) in [6.45, 7) is 1.06. The number of aromatic carboxylic acids is 1. The van der Waals surface area contributed by atoms with Gasteiger partial charge in [-0.1, -0.05) is 0 Å². The fourth-order valence-corrected chi connectivity index (χ4v) is 3.00. The van der Waals surface area contributed by atoms with Crippen LogP contribution in [0.15, 0.2) is 23.1 Å². The number of carboxylic acids is 1. The van der Waals surface area contributed by atoms with Gasteiger partial charge in [0.15, 0.2) is 0 Å². The molecule has 0 amide bonds. The van der Waals surface area contributed by atoms with Crippen molar-refractivity contribution in [2.45, 2.75) is 30.5 Å². The summed E-state index contributed by atoms with van der Waals surface area (Å²) in [4.78, 5) is 10.2. The molecule has 0 fully saturated rings. The van der Waals surface area contributed by atoms with Crippen LogP contribution in [0.4, 0.5) is 18.9 Å². The first-order chi connectivity index (χ1) is 9.42. The van der Waals surface area contributed by atoms with Crippen molar-refractivity contribution in [1.29, 1.82) is 0 Å². The monoisotopic (exact) mass is 326 g/mol. The van der Waals surface area contributed by atoms with Gasteiger partial charge in [0, 0.05) is 6.04 Å². The van der Waals surface area contributed by atoms with Gasteiger partial charge in [-0.15, -0.1) is 0 Å². The van der Waals surface area contributed by atoms with Crippen molar-refractivity contribution in [3.8, 4) is 0 Å². The van der Waals surface area contributed by atoms with Gasteiger partial charge >= 0.3 is 12.1 Å². The van der Waals surface area contributed by atoms with Crippen LogP contribution in [0.25, 0.3) is 0 Å². The first kappa shape index (κ1) is 17.2. The van der Waals surface area contributed by atoms with Crippen LogP contribution < -0.4 is 10.5 Å². The summed E-state index contributed by atoms with van der Waals surface area (Å²) in [6.07, 6.45) is -5.85. The second-order valence-electron chi connectivity index (χ2n) is 4.40. The molecule has 0 heterocycles. The predicted octanol–water partition coefficient (Wildman–Crippen LogP) is 1.59. The normalized spacial score (nSPS) is 13.9. The van der Waals surface area contributed by atoms with Crippen molar-refractivity contribution in [3.63, 3.8) is 0 Å². The Labute approximate surface area is 118 Å². The zero-order valence-corrected chi connectivity index (χ0v) is 11.6. The molecule has 0 saturated heterocycles. The number of carbonyl (C=O) groups is 1. The van der Waals surface area contributed by atoms with E-state index in [0.29, 0.717) is 0 Å². The average molecular weight is 326 g/mol. The summed E-state index contributed by atoms with van der Waals surface area (Å²) >= 11 is 0. The van der Waals surface area contributed by atoms with Crippen LogP contribution >= 0.6 is 0 Å². The van der Waals surface area contributed by atoms with Crippen LogP contribution in [0.2, 0.25) is 0 Å². The van der Waals surface area contributed by atoms with E-state index in [1.807, 2.05) is 4.72 Å². The molecule has 118 valence electrons. The zero-order chi connectivity index (χ0) is 16.4. The van der Waals surface area contributed by atoms with Gasteiger partial charge in [-0.3, -0.25) is 0 Å². The lowest BCUT2D eigenvalue weighted by atomic mass is 10.2. The number of hydrogen-bond acceptors (Lipinski definition) is 4. The van der Waals surface area contributed by atoms with Gasteiger partial charge in [0.1, 0.15) is 4.90 Å². The number of sulfonamides is 1. The highest BCUT2D eigenvalue weighted by molar-refractivity contribution is 7.89. The number of anilines is 1. The van der Waals surface area contributed by atoms with E-state index in [1.165, 1.54) is 0 Å². The van der Waals surface area contributed by atoms with Gasteiger partial charge in [0.2, 0.25) is 10.0 Å². The molecule has 0 spiro atoms. The molecule has 21 heavy (non-hydrogen) atoms. The molecule has 1 aromatic carbocycles. The standard InChI is InChI=1S/C11H13F3N2O4S/c1-6(5-11(12,13)14)16-21(19,20)9-3-2-7(10(17)18)4-8(9)15/h2-4,6,16H,5,15H2,1H3,(H,17,18). The van der Waals surface area contributed by atoms with E-state index in [0.717, 1.165) is 25.1 Å². The smallest absolute Gasteiger partial charge is 0.390 e. The number of carboxylic acid groups (broad SMARTS) is 1. The minimum atomic E-state index is -4.51. The number of halogens is 3. The highest BCUT2D eigenvalue weighted by Crippen LogP contribution is 2.24. The third-order valence-electron chi connectivity index (χ3n) is 2.44. The Morgan fingerprint density at radius 1 is 1.43 bits per heavy atom. The van der Waals surface area contributed by atoms with Crippen molar-refractivity contribution in [2.24, 2.45) is 0 Å². The topological polar surface area (TPSA) is 109 Å². The lowest BCUT2D eigenvalue weighted by Gasteiger charge is -2.16. The second-order valence-corrected chi connectivity index (χ2v) is 6.08. The summed E-state index contributed by atoms with van der Waals surface area (Å²) in [6, 6.07) is 1.47. The predicted molar refractivity (Wildman–Crippen MR) is 68.3 cm³/mol. The maximum absolute atomic E-state index is 12.2. The molecule has 10 heteroatoms. The molecule has 0 aliphatic carbocycles. The Morgan fingerprint density at radius 2 is 2.00 bits per heavy atom. The van der Waals surface area contributed by atoms with Crippen LogP contribution in [0, 0.1) is 0 Å². The van der Waals surface area contributed by atoms with Crippen molar-refractivity contribution in [3.05, 3.63) is 23.8 Å². The summed E-state index contributed by atoms with van der Waals surface area (Å²) in [7, 11) is -4.27. The fraction of sp³-hybridized carbons (Fsp3) is 0.364. The molecule has 1 atom stereocenters. The van der Waals surface area contributed by atoms with E-state index >= 15 is 0 Å². The van der Waals surface area contributed by atoms with Gasteiger partial charge in [0.25, 0.3) is 0 Å². The Kier molecular flexibility index (Phi) is 4.84. The molecule has 0 bridgehead atoms. The van der Waals surface area contributed by atoms with E-state index in [2.05, 4.69) is 0 Å². The Bertz CT molecular complexity index is 643. The fourth-order valence-electron chi connectivity index (χ4n) is 1.64. The van der Waals surface area contributed by atoms with E-state index in [1.54, 1.807) is 0 Å². The van der Waals surface area contributed by atoms with Crippen LogP contribution in [0.5, 0.6) is 0 Å². The number of nitrogens with two attached hydrogens (primary N) is 1. The largest absolute Gasteiger partial charge is 0.478 e. The van der Waals surface area contributed by atoms with Crippen LogP contribution in [-0.4, -0.2) is 31.7 Å². The quantitative estimate of drug-likeness (QED) is 0.712. The summed E-state index contributed by atoms with van der Waals surface area (Å²) in [5, 5.41) is 8.73. The molecule has 1 unspecified atom stereocenters. The van der Waals surface area contributed by atoms with Gasteiger partial charge in [0.05, 0.1) is 17.7 Å². The van der Waals surface area contributed by atoms with Crippen molar-refractivity contribution in [2.75, 3.05) is 5.73 Å². The van der Waals surface area contributed by atoms with E-state index in [4.69, 9.17) is 10.8 Å². The Hall–Kier alpha value is -1.81. The minimum absolute atomic E-state index is 0.227. The van der Waals surface area contributed by atoms with Crippen molar-refractivity contribution < 1.29 is 31.5 Å². The molecule has 0 saturated carbocycles. The van der Waals surface area contributed by atoms with Crippen LogP contribution in [-0.2, 0) is 10.0 Å². The molecule has 0 radical (unpaired) electrons. The number of alkyl halides is 3. The van der Waals surface area contributed by atoms with E-state index in [9.17, 15) is 26.4 Å². The highest BCUT2D eigenvalue weighted by Gasteiger charge is 2.32. The summed E-state index contributed by atoms with van der Waals surface area (Å²) in [5.41, 5.74) is 4.86.